The molecule has 1 aliphatic heterocycles. The van der Waals surface area contributed by atoms with E-state index in [1.165, 1.54) is 0 Å². The minimum atomic E-state index is -0.208. The van der Waals surface area contributed by atoms with E-state index in [4.69, 9.17) is 5.11 Å². The number of hydrogen-bond donors (Lipinski definition) is 2. The molecule has 2 atom stereocenters. The standard InChI is InChI=1S/C10H21NO2/c1-8(2)6-11-4-3-10(13)5-9(11)7-12/h8-10,12-13H,3-7H2,1-2H3. The highest BCUT2D eigenvalue weighted by Crippen LogP contribution is 2.18. The number of aliphatic hydroxyl groups is 2. The van der Waals surface area contributed by atoms with Gasteiger partial charge >= 0.3 is 0 Å². The zero-order chi connectivity index (χ0) is 9.84. The topological polar surface area (TPSA) is 43.7 Å². The smallest absolute Gasteiger partial charge is 0.0587 e. The van der Waals surface area contributed by atoms with E-state index in [-0.39, 0.29) is 18.8 Å². The van der Waals surface area contributed by atoms with Crippen molar-refractivity contribution in [3.05, 3.63) is 0 Å². The van der Waals surface area contributed by atoms with E-state index in [9.17, 15) is 5.11 Å². The Balaban J connectivity index is 2.42. The van der Waals surface area contributed by atoms with E-state index in [0.29, 0.717) is 5.92 Å². The van der Waals surface area contributed by atoms with Gasteiger partial charge in [-0.25, -0.2) is 0 Å². The van der Waals surface area contributed by atoms with Gasteiger partial charge < -0.3 is 10.2 Å². The molecule has 1 fully saturated rings. The molecule has 78 valence electrons. The lowest BCUT2D eigenvalue weighted by Crippen LogP contribution is -2.47. The zero-order valence-electron chi connectivity index (χ0n) is 8.61. The number of aliphatic hydroxyl groups excluding tert-OH is 2. The van der Waals surface area contributed by atoms with Crippen LogP contribution in [0.25, 0.3) is 0 Å². The predicted octanol–water partition coefficient (Wildman–Crippen LogP) is 0.460. The summed E-state index contributed by atoms with van der Waals surface area (Å²) in [5.41, 5.74) is 0. The molecule has 0 aromatic carbocycles. The molecule has 1 saturated heterocycles. The predicted molar refractivity (Wildman–Crippen MR) is 52.5 cm³/mol. The maximum atomic E-state index is 9.42. The third-order valence-corrected chi connectivity index (χ3v) is 2.62. The molecular formula is C10H21NO2. The van der Waals surface area contributed by atoms with Gasteiger partial charge in [-0.2, -0.15) is 0 Å². The Kier molecular flexibility index (Phi) is 4.16. The van der Waals surface area contributed by atoms with Gasteiger partial charge in [-0.05, 0) is 18.8 Å². The van der Waals surface area contributed by atoms with Crippen LogP contribution >= 0.6 is 0 Å². The van der Waals surface area contributed by atoms with E-state index in [1.54, 1.807) is 0 Å². The summed E-state index contributed by atoms with van der Waals surface area (Å²) in [5, 5.41) is 18.6. The van der Waals surface area contributed by atoms with Crippen molar-refractivity contribution in [1.29, 1.82) is 0 Å². The second kappa shape index (κ2) is 4.94. The Morgan fingerprint density at radius 2 is 2.15 bits per heavy atom. The van der Waals surface area contributed by atoms with Gasteiger partial charge in [-0.15, -0.1) is 0 Å². The zero-order valence-corrected chi connectivity index (χ0v) is 8.61. The Labute approximate surface area is 80.4 Å². The molecule has 1 heterocycles. The van der Waals surface area contributed by atoms with Gasteiger partial charge in [-0.3, -0.25) is 4.90 Å². The minimum absolute atomic E-state index is 0.170. The molecule has 0 radical (unpaired) electrons. The van der Waals surface area contributed by atoms with E-state index in [0.717, 1.165) is 25.9 Å². The quantitative estimate of drug-likeness (QED) is 0.674. The molecule has 1 aliphatic rings. The highest BCUT2D eigenvalue weighted by Gasteiger charge is 2.26. The van der Waals surface area contributed by atoms with E-state index >= 15 is 0 Å². The van der Waals surface area contributed by atoms with Crippen molar-refractivity contribution in [1.82, 2.24) is 4.90 Å². The summed E-state index contributed by atoms with van der Waals surface area (Å²) in [6.07, 6.45) is 1.37. The van der Waals surface area contributed by atoms with Crippen molar-refractivity contribution < 1.29 is 10.2 Å². The van der Waals surface area contributed by atoms with Crippen molar-refractivity contribution in [2.45, 2.75) is 38.8 Å². The fourth-order valence-corrected chi connectivity index (χ4v) is 1.98. The number of likely N-dealkylation sites (tertiary alicyclic amines) is 1. The molecule has 3 nitrogen and oxygen atoms in total. The number of rotatable bonds is 3. The molecule has 0 amide bonds. The molecular weight excluding hydrogens is 166 g/mol. The molecule has 13 heavy (non-hydrogen) atoms. The van der Waals surface area contributed by atoms with Crippen LogP contribution in [0.15, 0.2) is 0 Å². The van der Waals surface area contributed by atoms with Gasteiger partial charge in [-0.1, -0.05) is 13.8 Å². The Hall–Kier alpha value is -0.120. The van der Waals surface area contributed by atoms with Crippen LogP contribution in [0.3, 0.4) is 0 Å². The summed E-state index contributed by atoms with van der Waals surface area (Å²) < 4.78 is 0. The van der Waals surface area contributed by atoms with E-state index in [1.807, 2.05) is 0 Å². The van der Waals surface area contributed by atoms with Gasteiger partial charge in [0.1, 0.15) is 0 Å². The molecule has 0 saturated carbocycles. The van der Waals surface area contributed by atoms with Crippen molar-refractivity contribution in [2.24, 2.45) is 5.92 Å². The summed E-state index contributed by atoms with van der Waals surface area (Å²) in [7, 11) is 0. The summed E-state index contributed by atoms with van der Waals surface area (Å²) in [6, 6.07) is 0.172. The summed E-state index contributed by atoms with van der Waals surface area (Å²) in [4.78, 5) is 2.29. The highest BCUT2D eigenvalue weighted by molar-refractivity contribution is 4.81. The van der Waals surface area contributed by atoms with Crippen LogP contribution in [0.1, 0.15) is 26.7 Å². The third-order valence-electron chi connectivity index (χ3n) is 2.62. The molecule has 2 unspecified atom stereocenters. The highest BCUT2D eigenvalue weighted by atomic mass is 16.3. The average Bonchev–Trinajstić information content (AvgIpc) is 2.07. The van der Waals surface area contributed by atoms with Crippen LogP contribution in [0.2, 0.25) is 0 Å². The fraction of sp³-hybridized carbons (Fsp3) is 1.00. The van der Waals surface area contributed by atoms with E-state index in [2.05, 4.69) is 18.7 Å². The molecule has 1 rings (SSSR count). The first-order valence-corrected chi connectivity index (χ1v) is 5.16. The van der Waals surface area contributed by atoms with Gasteiger partial charge in [0, 0.05) is 19.1 Å². The number of hydrogen-bond acceptors (Lipinski definition) is 3. The molecule has 0 aromatic heterocycles. The lowest BCUT2D eigenvalue weighted by Gasteiger charge is -2.37. The Morgan fingerprint density at radius 1 is 1.46 bits per heavy atom. The molecule has 0 aromatic rings. The minimum Gasteiger partial charge on any atom is -0.395 e. The van der Waals surface area contributed by atoms with Gasteiger partial charge in [0.2, 0.25) is 0 Å². The lowest BCUT2D eigenvalue weighted by molar-refractivity contribution is 0.0118. The number of piperidine rings is 1. The van der Waals surface area contributed by atoms with Crippen molar-refractivity contribution in [3.8, 4) is 0 Å². The first kappa shape index (κ1) is 11.0. The summed E-state index contributed by atoms with van der Waals surface area (Å²) in [5.74, 6) is 0.629. The number of nitrogens with zero attached hydrogens (tertiary/aromatic N) is 1. The normalized spacial score (nSPS) is 31.2. The van der Waals surface area contributed by atoms with Crippen LogP contribution < -0.4 is 0 Å². The van der Waals surface area contributed by atoms with Crippen LogP contribution in [0.5, 0.6) is 0 Å². The average molecular weight is 187 g/mol. The second-order valence-corrected chi connectivity index (χ2v) is 4.40. The molecule has 0 bridgehead atoms. The molecule has 2 N–H and O–H groups in total. The SMILES string of the molecule is CC(C)CN1CCC(O)CC1CO. The van der Waals surface area contributed by atoms with Crippen molar-refractivity contribution in [2.75, 3.05) is 19.7 Å². The van der Waals surface area contributed by atoms with Gasteiger partial charge in [0.05, 0.1) is 12.7 Å². The largest absolute Gasteiger partial charge is 0.395 e. The van der Waals surface area contributed by atoms with Crippen molar-refractivity contribution >= 4 is 0 Å². The maximum Gasteiger partial charge on any atom is 0.0587 e. The Morgan fingerprint density at radius 3 is 2.69 bits per heavy atom. The summed E-state index contributed by atoms with van der Waals surface area (Å²) >= 11 is 0. The van der Waals surface area contributed by atoms with Crippen LogP contribution in [0.4, 0.5) is 0 Å². The van der Waals surface area contributed by atoms with Gasteiger partial charge in [0.15, 0.2) is 0 Å². The first-order valence-electron chi connectivity index (χ1n) is 5.16. The molecule has 0 spiro atoms. The van der Waals surface area contributed by atoms with E-state index < -0.39 is 0 Å². The molecule has 3 heteroatoms. The monoisotopic (exact) mass is 187 g/mol. The maximum absolute atomic E-state index is 9.42. The van der Waals surface area contributed by atoms with Crippen molar-refractivity contribution in [3.63, 3.8) is 0 Å². The lowest BCUT2D eigenvalue weighted by atomic mass is 9.99. The third kappa shape index (κ3) is 3.25. The van der Waals surface area contributed by atoms with Gasteiger partial charge in [0.25, 0.3) is 0 Å². The molecule has 0 aliphatic carbocycles. The summed E-state index contributed by atoms with van der Waals surface area (Å²) in [6.45, 7) is 6.48. The fourth-order valence-electron chi connectivity index (χ4n) is 1.98. The first-order chi connectivity index (χ1) is 6.13. The Bertz CT molecular complexity index is 150. The van der Waals surface area contributed by atoms with Crippen LogP contribution in [-0.2, 0) is 0 Å². The second-order valence-electron chi connectivity index (χ2n) is 4.40. The van der Waals surface area contributed by atoms with Crippen LogP contribution in [0, 0.1) is 5.92 Å². The van der Waals surface area contributed by atoms with Crippen LogP contribution in [-0.4, -0.2) is 47.0 Å².